The smallest absolute Gasteiger partial charge is 0.238 e. The molecule has 2 rings (SSSR count). The van der Waals surface area contributed by atoms with Crippen molar-refractivity contribution < 1.29 is 14.1 Å². The summed E-state index contributed by atoms with van der Waals surface area (Å²) in [5.74, 6) is 2.38. The number of hydrogen-bond acceptors (Lipinski definition) is 6. The molecule has 1 aliphatic rings. The number of carbonyl (C=O) groups excluding carboxylic acids is 1. The number of Topliss-reactive ketones (excluding diaryl/α,β-unsaturated/α-hetero) is 1. The zero-order valence-corrected chi connectivity index (χ0v) is 9.96. The maximum absolute atomic E-state index is 11.5. The first-order valence-electron chi connectivity index (χ1n) is 5.32. The fraction of sp³-hybridized carbons (Fsp3) is 0.700. The molecule has 1 aromatic rings. The lowest BCUT2D eigenvalue weighted by Gasteiger charge is -1.97. The first kappa shape index (κ1) is 11.6. The maximum Gasteiger partial charge on any atom is 0.238 e. The minimum Gasteiger partial charge on any atom is -0.381 e. The standard InChI is InChI=1S/C10H14N2O3S/c1-2-14-4-3-9-11-10(15-12-9)7-5-16-6-8(7)13/h7H,2-6H2,1H3. The summed E-state index contributed by atoms with van der Waals surface area (Å²) in [6.45, 7) is 3.21. The van der Waals surface area contributed by atoms with Crippen LogP contribution in [0.25, 0.3) is 0 Å². The van der Waals surface area contributed by atoms with Gasteiger partial charge in [0.2, 0.25) is 5.89 Å². The molecule has 0 amide bonds. The van der Waals surface area contributed by atoms with E-state index < -0.39 is 0 Å². The van der Waals surface area contributed by atoms with Crippen molar-refractivity contribution in [3.8, 4) is 0 Å². The second-order valence-corrected chi connectivity index (χ2v) is 4.56. The average Bonchev–Trinajstić information content (AvgIpc) is 2.87. The predicted molar refractivity (Wildman–Crippen MR) is 59.6 cm³/mol. The summed E-state index contributed by atoms with van der Waals surface area (Å²) >= 11 is 1.61. The minimum absolute atomic E-state index is 0.185. The molecule has 1 aliphatic heterocycles. The summed E-state index contributed by atoms with van der Waals surface area (Å²) in [5, 5.41) is 3.84. The van der Waals surface area contributed by atoms with Gasteiger partial charge in [-0.05, 0) is 6.92 Å². The minimum atomic E-state index is -0.196. The summed E-state index contributed by atoms with van der Waals surface area (Å²) in [7, 11) is 0. The molecule has 0 saturated carbocycles. The van der Waals surface area contributed by atoms with Gasteiger partial charge in [0.1, 0.15) is 5.92 Å². The lowest BCUT2D eigenvalue weighted by molar-refractivity contribution is -0.117. The number of hydrogen-bond donors (Lipinski definition) is 0. The van der Waals surface area contributed by atoms with Crippen LogP contribution in [0.2, 0.25) is 0 Å². The van der Waals surface area contributed by atoms with Crippen molar-refractivity contribution in [3.05, 3.63) is 11.7 Å². The van der Waals surface area contributed by atoms with Crippen molar-refractivity contribution >= 4 is 17.5 Å². The van der Waals surface area contributed by atoms with Crippen LogP contribution in [0.5, 0.6) is 0 Å². The van der Waals surface area contributed by atoms with E-state index in [1.165, 1.54) is 0 Å². The first-order valence-corrected chi connectivity index (χ1v) is 6.47. The Bertz CT molecular complexity index is 367. The Morgan fingerprint density at radius 1 is 1.62 bits per heavy atom. The van der Waals surface area contributed by atoms with Gasteiger partial charge in [-0.1, -0.05) is 5.16 Å². The van der Waals surface area contributed by atoms with E-state index in [0.717, 1.165) is 5.75 Å². The van der Waals surface area contributed by atoms with Gasteiger partial charge in [-0.3, -0.25) is 4.79 Å². The zero-order chi connectivity index (χ0) is 11.4. The number of nitrogens with zero attached hydrogens (tertiary/aromatic N) is 2. The van der Waals surface area contributed by atoms with E-state index in [9.17, 15) is 4.79 Å². The summed E-state index contributed by atoms with van der Waals surface area (Å²) < 4.78 is 10.3. The van der Waals surface area contributed by atoms with E-state index in [1.54, 1.807) is 11.8 Å². The summed E-state index contributed by atoms with van der Waals surface area (Å²) in [6, 6.07) is 0. The molecule has 88 valence electrons. The van der Waals surface area contributed by atoms with Crippen LogP contribution in [0.15, 0.2) is 4.52 Å². The SMILES string of the molecule is CCOCCc1noc(C2CSCC2=O)n1. The highest BCUT2D eigenvalue weighted by Gasteiger charge is 2.31. The Kier molecular flexibility index (Phi) is 3.95. The van der Waals surface area contributed by atoms with Crippen LogP contribution in [-0.2, 0) is 16.0 Å². The Morgan fingerprint density at radius 2 is 2.50 bits per heavy atom. The number of aromatic nitrogens is 2. The molecule has 1 unspecified atom stereocenters. The molecule has 1 atom stereocenters. The highest BCUT2D eigenvalue weighted by Crippen LogP contribution is 2.28. The van der Waals surface area contributed by atoms with E-state index >= 15 is 0 Å². The third-order valence-electron chi connectivity index (χ3n) is 2.37. The number of rotatable bonds is 5. The van der Waals surface area contributed by atoms with Crippen LogP contribution in [0, 0.1) is 0 Å². The molecule has 0 aliphatic carbocycles. The van der Waals surface area contributed by atoms with Gasteiger partial charge in [0, 0.05) is 18.8 Å². The van der Waals surface area contributed by atoms with E-state index in [4.69, 9.17) is 9.26 Å². The lowest BCUT2D eigenvalue weighted by atomic mass is 10.1. The molecule has 0 aromatic carbocycles. The van der Waals surface area contributed by atoms with Crippen molar-refractivity contribution in [2.45, 2.75) is 19.3 Å². The van der Waals surface area contributed by atoms with E-state index in [-0.39, 0.29) is 11.7 Å². The zero-order valence-electron chi connectivity index (χ0n) is 9.14. The quantitative estimate of drug-likeness (QED) is 0.719. The van der Waals surface area contributed by atoms with Gasteiger partial charge in [0.15, 0.2) is 11.6 Å². The number of thioether (sulfide) groups is 1. The Hall–Kier alpha value is -0.880. The monoisotopic (exact) mass is 242 g/mol. The molecule has 5 nitrogen and oxygen atoms in total. The topological polar surface area (TPSA) is 65.2 Å². The molecule has 6 heteroatoms. The normalized spacial score (nSPS) is 20.6. The van der Waals surface area contributed by atoms with Crippen molar-refractivity contribution in [1.82, 2.24) is 10.1 Å². The molecule has 1 aromatic heterocycles. The average molecular weight is 242 g/mol. The van der Waals surface area contributed by atoms with E-state index in [1.807, 2.05) is 6.92 Å². The van der Waals surface area contributed by atoms with Crippen LogP contribution >= 0.6 is 11.8 Å². The second-order valence-electron chi connectivity index (χ2n) is 3.53. The molecular formula is C10H14N2O3S. The fourth-order valence-electron chi connectivity index (χ4n) is 1.50. The van der Waals surface area contributed by atoms with Crippen molar-refractivity contribution in [1.29, 1.82) is 0 Å². The van der Waals surface area contributed by atoms with Crippen LogP contribution in [-0.4, -0.2) is 40.6 Å². The van der Waals surface area contributed by atoms with Gasteiger partial charge < -0.3 is 9.26 Å². The van der Waals surface area contributed by atoms with Gasteiger partial charge in [0.05, 0.1) is 12.4 Å². The van der Waals surface area contributed by atoms with Gasteiger partial charge in [-0.15, -0.1) is 0 Å². The largest absolute Gasteiger partial charge is 0.381 e. The molecule has 2 heterocycles. The van der Waals surface area contributed by atoms with Gasteiger partial charge >= 0.3 is 0 Å². The molecular weight excluding hydrogens is 228 g/mol. The highest BCUT2D eigenvalue weighted by molar-refractivity contribution is 8.00. The number of ketones is 1. The Labute approximate surface area is 97.9 Å². The van der Waals surface area contributed by atoms with E-state index in [0.29, 0.717) is 37.1 Å². The predicted octanol–water partition coefficient (Wildman–Crippen LogP) is 1.05. The van der Waals surface area contributed by atoms with Crippen LogP contribution in [0.3, 0.4) is 0 Å². The Balaban J connectivity index is 1.93. The Morgan fingerprint density at radius 3 is 3.19 bits per heavy atom. The summed E-state index contributed by atoms with van der Waals surface area (Å²) in [5.41, 5.74) is 0. The maximum atomic E-state index is 11.5. The molecule has 16 heavy (non-hydrogen) atoms. The van der Waals surface area contributed by atoms with Gasteiger partial charge in [-0.2, -0.15) is 16.7 Å². The first-order chi connectivity index (χ1) is 7.81. The van der Waals surface area contributed by atoms with E-state index in [2.05, 4.69) is 10.1 Å². The number of ether oxygens (including phenoxy) is 1. The van der Waals surface area contributed by atoms with Crippen LogP contribution < -0.4 is 0 Å². The highest BCUT2D eigenvalue weighted by atomic mass is 32.2. The van der Waals surface area contributed by atoms with Gasteiger partial charge in [0.25, 0.3) is 0 Å². The molecule has 1 fully saturated rings. The van der Waals surface area contributed by atoms with Crippen LogP contribution in [0.4, 0.5) is 0 Å². The van der Waals surface area contributed by atoms with Crippen molar-refractivity contribution in [2.24, 2.45) is 0 Å². The fourth-order valence-corrected chi connectivity index (χ4v) is 2.58. The third kappa shape index (κ3) is 2.62. The van der Waals surface area contributed by atoms with Gasteiger partial charge in [-0.25, -0.2) is 0 Å². The molecule has 0 radical (unpaired) electrons. The number of carbonyl (C=O) groups is 1. The second kappa shape index (κ2) is 5.45. The molecule has 1 saturated heterocycles. The molecule has 0 spiro atoms. The molecule has 0 bridgehead atoms. The van der Waals surface area contributed by atoms with Crippen LogP contribution in [0.1, 0.15) is 24.6 Å². The summed E-state index contributed by atoms with van der Waals surface area (Å²) in [6.07, 6.45) is 0.630. The van der Waals surface area contributed by atoms with Crippen molar-refractivity contribution in [3.63, 3.8) is 0 Å². The lowest BCUT2D eigenvalue weighted by Crippen LogP contribution is -2.09. The third-order valence-corrected chi connectivity index (χ3v) is 3.43. The molecule has 0 N–H and O–H groups in total. The van der Waals surface area contributed by atoms with Crippen molar-refractivity contribution in [2.75, 3.05) is 24.7 Å². The summed E-state index contributed by atoms with van der Waals surface area (Å²) in [4.78, 5) is 15.7.